The first kappa shape index (κ1) is 18.7. The Kier molecular flexibility index (Phi) is 6.36. The van der Waals surface area contributed by atoms with Crippen LogP contribution in [-0.4, -0.2) is 25.1 Å². The Hall–Kier alpha value is -2.60. The standard InChI is InChI=1S/C18H17ClFNO4/c1-3-15(25-16-7-5-4-6-13(16)20)17(22)21-14-10-11(18(23)24-2)8-9-12(14)19/h4-10,15H,3H2,1-2H3,(H,21,22)/t15-/m1/s1. The van der Waals surface area contributed by atoms with Crippen molar-refractivity contribution in [3.63, 3.8) is 0 Å². The second-order valence-corrected chi connectivity index (χ2v) is 5.53. The zero-order valence-electron chi connectivity index (χ0n) is 13.7. The molecule has 2 aromatic rings. The smallest absolute Gasteiger partial charge is 0.337 e. The first-order chi connectivity index (χ1) is 12.0. The molecule has 0 unspecified atom stereocenters. The van der Waals surface area contributed by atoms with Crippen molar-refractivity contribution in [1.82, 2.24) is 0 Å². The van der Waals surface area contributed by atoms with Crippen LogP contribution in [0.15, 0.2) is 42.5 Å². The van der Waals surface area contributed by atoms with E-state index in [1.54, 1.807) is 13.0 Å². The molecule has 5 nitrogen and oxygen atoms in total. The van der Waals surface area contributed by atoms with E-state index in [1.807, 2.05) is 0 Å². The van der Waals surface area contributed by atoms with Crippen LogP contribution in [0, 0.1) is 5.82 Å². The summed E-state index contributed by atoms with van der Waals surface area (Å²) in [5, 5.41) is 2.85. The molecule has 25 heavy (non-hydrogen) atoms. The molecule has 0 aromatic heterocycles. The molecule has 2 aromatic carbocycles. The summed E-state index contributed by atoms with van der Waals surface area (Å²) in [7, 11) is 1.25. The van der Waals surface area contributed by atoms with Crippen LogP contribution in [0.5, 0.6) is 5.75 Å². The fraction of sp³-hybridized carbons (Fsp3) is 0.222. The van der Waals surface area contributed by atoms with Crippen LogP contribution in [-0.2, 0) is 9.53 Å². The molecule has 7 heteroatoms. The molecule has 0 fully saturated rings. The summed E-state index contributed by atoms with van der Waals surface area (Å²) < 4.78 is 23.8. The van der Waals surface area contributed by atoms with Crippen molar-refractivity contribution in [2.24, 2.45) is 0 Å². The van der Waals surface area contributed by atoms with Crippen molar-refractivity contribution in [3.8, 4) is 5.75 Å². The number of hydrogen-bond donors (Lipinski definition) is 1. The van der Waals surface area contributed by atoms with Gasteiger partial charge in [-0.25, -0.2) is 9.18 Å². The Morgan fingerprint density at radius 3 is 2.60 bits per heavy atom. The monoisotopic (exact) mass is 365 g/mol. The fourth-order valence-corrected chi connectivity index (χ4v) is 2.26. The molecule has 0 saturated heterocycles. The minimum atomic E-state index is -0.922. The van der Waals surface area contributed by atoms with Crippen molar-refractivity contribution in [3.05, 3.63) is 58.9 Å². The number of nitrogens with one attached hydrogen (secondary N) is 1. The number of carbonyl (C=O) groups excluding carboxylic acids is 2. The van der Waals surface area contributed by atoms with E-state index in [0.717, 1.165) is 0 Å². The van der Waals surface area contributed by atoms with Gasteiger partial charge >= 0.3 is 5.97 Å². The van der Waals surface area contributed by atoms with Crippen LogP contribution in [0.4, 0.5) is 10.1 Å². The van der Waals surface area contributed by atoms with Gasteiger partial charge < -0.3 is 14.8 Å². The Morgan fingerprint density at radius 2 is 1.96 bits per heavy atom. The summed E-state index contributed by atoms with van der Waals surface area (Å²) in [5.74, 6) is -1.63. The molecule has 0 radical (unpaired) electrons. The highest BCUT2D eigenvalue weighted by molar-refractivity contribution is 6.33. The lowest BCUT2D eigenvalue weighted by Gasteiger charge is -2.18. The Balaban J connectivity index is 2.17. The second-order valence-electron chi connectivity index (χ2n) is 5.12. The van der Waals surface area contributed by atoms with E-state index in [9.17, 15) is 14.0 Å². The first-order valence-corrected chi connectivity index (χ1v) is 7.94. The first-order valence-electron chi connectivity index (χ1n) is 7.56. The van der Waals surface area contributed by atoms with Gasteiger partial charge in [-0.2, -0.15) is 0 Å². The van der Waals surface area contributed by atoms with Crippen LogP contribution in [0.25, 0.3) is 0 Å². The molecule has 0 aliphatic heterocycles. The van der Waals surface area contributed by atoms with Crippen molar-refractivity contribution in [1.29, 1.82) is 0 Å². The summed E-state index contributed by atoms with van der Waals surface area (Å²) in [5.41, 5.74) is 0.482. The molecule has 1 N–H and O–H groups in total. The van der Waals surface area contributed by atoms with E-state index in [1.165, 1.54) is 43.5 Å². The highest BCUT2D eigenvalue weighted by Crippen LogP contribution is 2.25. The highest BCUT2D eigenvalue weighted by atomic mass is 35.5. The lowest BCUT2D eigenvalue weighted by Crippen LogP contribution is -2.32. The number of anilines is 1. The van der Waals surface area contributed by atoms with Gasteiger partial charge in [-0.05, 0) is 36.8 Å². The number of methoxy groups -OCH3 is 1. The largest absolute Gasteiger partial charge is 0.478 e. The number of esters is 1. The third-order valence-electron chi connectivity index (χ3n) is 3.41. The van der Waals surface area contributed by atoms with Crippen molar-refractivity contribution >= 4 is 29.2 Å². The fourth-order valence-electron chi connectivity index (χ4n) is 2.09. The topological polar surface area (TPSA) is 64.6 Å². The predicted octanol–water partition coefficient (Wildman–Crippen LogP) is 4.06. The van der Waals surface area contributed by atoms with E-state index < -0.39 is 23.8 Å². The Morgan fingerprint density at radius 1 is 1.24 bits per heavy atom. The Bertz CT molecular complexity index is 781. The van der Waals surface area contributed by atoms with Gasteiger partial charge in [0.25, 0.3) is 5.91 Å². The summed E-state index contributed by atoms with van der Waals surface area (Å²) in [6.45, 7) is 1.73. The van der Waals surface area contributed by atoms with Gasteiger partial charge in [-0.3, -0.25) is 4.79 Å². The minimum Gasteiger partial charge on any atom is -0.478 e. The maximum absolute atomic E-state index is 13.7. The zero-order valence-corrected chi connectivity index (χ0v) is 14.5. The normalized spacial score (nSPS) is 11.5. The maximum Gasteiger partial charge on any atom is 0.337 e. The van der Waals surface area contributed by atoms with E-state index in [4.69, 9.17) is 16.3 Å². The van der Waals surface area contributed by atoms with Gasteiger partial charge in [0.2, 0.25) is 0 Å². The molecule has 0 bridgehead atoms. The lowest BCUT2D eigenvalue weighted by atomic mass is 10.2. The third-order valence-corrected chi connectivity index (χ3v) is 3.74. The molecular weight excluding hydrogens is 349 g/mol. The number of benzene rings is 2. The molecule has 1 atom stereocenters. The zero-order chi connectivity index (χ0) is 18.4. The van der Waals surface area contributed by atoms with Crippen LogP contribution in [0.3, 0.4) is 0 Å². The van der Waals surface area contributed by atoms with E-state index in [-0.39, 0.29) is 22.0 Å². The molecule has 0 aliphatic carbocycles. The van der Waals surface area contributed by atoms with Gasteiger partial charge in [0.15, 0.2) is 17.7 Å². The van der Waals surface area contributed by atoms with Crippen molar-refractivity contribution in [2.45, 2.75) is 19.4 Å². The predicted molar refractivity (Wildman–Crippen MR) is 92.5 cm³/mol. The summed E-state index contributed by atoms with van der Waals surface area (Å²) >= 11 is 6.05. The van der Waals surface area contributed by atoms with Gasteiger partial charge in [-0.15, -0.1) is 0 Å². The van der Waals surface area contributed by atoms with E-state index in [0.29, 0.717) is 6.42 Å². The molecule has 0 heterocycles. The van der Waals surface area contributed by atoms with E-state index in [2.05, 4.69) is 10.1 Å². The molecule has 1 amide bonds. The van der Waals surface area contributed by atoms with Crippen molar-refractivity contribution in [2.75, 3.05) is 12.4 Å². The summed E-state index contributed by atoms with van der Waals surface area (Å²) in [4.78, 5) is 24.0. The maximum atomic E-state index is 13.7. The van der Waals surface area contributed by atoms with Crippen LogP contribution in [0.2, 0.25) is 5.02 Å². The molecule has 0 saturated carbocycles. The highest BCUT2D eigenvalue weighted by Gasteiger charge is 2.21. The molecule has 0 aliphatic rings. The molecule has 0 spiro atoms. The average Bonchev–Trinajstić information content (AvgIpc) is 2.62. The summed E-state index contributed by atoms with van der Waals surface area (Å²) in [6, 6.07) is 10.2. The van der Waals surface area contributed by atoms with Gasteiger partial charge in [0, 0.05) is 0 Å². The SMILES string of the molecule is CC[C@@H](Oc1ccccc1F)C(=O)Nc1cc(C(=O)OC)ccc1Cl. The van der Waals surface area contributed by atoms with E-state index >= 15 is 0 Å². The number of rotatable bonds is 6. The molecule has 132 valence electrons. The number of carbonyl (C=O) groups is 2. The van der Waals surface area contributed by atoms with Gasteiger partial charge in [-0.1, -0.05) is 30.7 Å². The number of amides is 1. The average molecular weight is 366 g/mol. The summed E-state index contributed by atoms with van der Waals surface area (Å²) in [6.07, 6.45) is -0.608. The van der Waals surface area contributed by atoms with Crippen LogP contribution >= 0.6 is 11.6 Å². The Labute approximate surface area is 149 Å². The van der Waals surface area contributed by atoms with Gasteiger partial charge in [0.1, 0.15) is 0 Å². The van der Waals surface area contributed by atoms with Gasteiger partial charge in [0.05, 0.1) is 23.4 Å². The third kappa shape index (κ3) is 4.70. The minimum absolute atomic E-state index is 0.0149. The molecular formula is C18H17ClFNO4. The van der Waals surface area contributed by atoms with Crippen molar-refractivity contribution < 1.29 is 23.5 Å². The number of hydrogen-bond acceptors (Lipinski definition) is 4. The lowest BCUT2D eigenvalue weighted by molar-refractivity contribution is -0.122. The van der Waals surface area contributed by atoms with Crippen LogP contribution < -0.4 is 10.1 Å². The molecule has 2 rings (SSSR count). The number of ether oxygens (including phenoxy) is 2. The second kappa shape index (κ2) is 8.48. The number of para-hydroxylation sites is 1. The quantitative estimate of drug-likeness (QED) is 0.784. The van der Waals surface area contributed by atoms with Crippen LogP contribution in [0.1, 0.15) is 23.7 Å². The number of halogens is 2.